The number of nitrogens with two attached hydrogens (primary N) is 1. The van der Waals surface area contributed by atoms with Crippen molar-refractivity contribution in [1.82, 2.24) is 10.2 Å². The molecule has 2 saturated heterocycles. The largest absolute Gasteiger partial charge is 0.363 e. The van der Waals surface area contributed by atoms with E-state index in [9.17, 15) is 9.59 Å². The second-order valence-electron chi connectivity index (χ2n) is 9.00. The van der Waals surface area contributed by atoms with Crippen LogP contribution >= 0.6 is 11.8 Å². The summed E-state index contributed by atoms with van der Waals surface area (Å²) in [6.07, 6.45) is 7.28. The first-order valence-electron chi connectivity index (χ1n) is 10.5. The van der Waals surface area contributed by atoms with Crippen molar-refractivity contribution >= 4 is 23.6 Å². The van der Waals surface area contributed by atoms with Gasteiger partial charge in [0.05, 0.1) is 23.6 Å². The van der Waals surface area contributed by atoms with E-state index in [-0.39, 0.29) is 41.4 Å². The van der Waals surface area contributed by atoms with Gasteiger partial charge in [-0.25, -0.2) is 0 Å². The van der Waals surface area contributed by atoms with Gasteiger partial charge in [-0.2, -0.15) is 0 Å². The number of hydrogen-bond donors (Lipinski definition) is 2. The van der Waals surface area contributed by atoms with Crippen LogP contribution in [0.2, 0.25) is 0 Å². The van der Waals surface area contributed by atoms with Crippen molar-refractivity contribution in [3.05, 3.63) is 35.4 Å². The van der Waals surface area contributed by atoms with Gasteiger partial charge in [-0.05, 0) is 35.1 Å². The number of carbonyl (C=O) groups is 2. The average molecular weight is 428 g/mol. The van der Waals surface area contributed by atoms with Crippen LogP contribution in [0.25, 0.3) is 0 Å². The number of nitrogens with one attached hydrogen (secondary N) is 1. The lowest BCUT2D eigenvalue weighted by atomic mass is 9.83. The molecule has 6 nitrogen and oxygen atoms in total. The van der Waals surface area contributed by atoms with Gasteiger partial charge in [0.25, 0.3) is 0 Å². The molecule has 1 aromatic rings. The van der Waals surface area contributed by atoms with E-state index in [0.717, 1.165) is 23.3 Å². The van der Waals surface area contributed by atoms with Crippen LogP contribution in [0.15, 0.2) is 24.3 Å². The molecule has 2 aliphatic heterocycles. The van der Waals surface area contributed by atoms with Gasteiger partial charge in [0.2, 0.25) is 11.8 Å². The topological polar surface area (TPSA) is 84.7 Å². The summed E-state index contributed by atoms with van der Waals surface area (Å²) in [5.41, 5.74) is 7.97. The Hall–Kier alpha value is -2.01. The van der Waals surface area contributed by atoms with Crippen molar-refractivity contribution < 1.29 is 14.3 Å². The summed E-state index contributed by atoms with van der Waals surface area (Å²) in [4.78, 5) is 28.4. The minimum absolute atomic E-state index is 0.0128. The van der Waals surface area contributed by atoms with Crippen LogP contribution in [0.4, 0.5) is 0 Å². The molecule has 160 valence electrons. The Morgan fingerprint density at radius 1 is 1.43 bits per heavy atom. The molecule has 2 fully saturated rings. The number of fused-ring (bicyclic) bond motifs is 2. The predicted molar refractivity (Wildman–Crippen MR) is 117 cm³/mol. The fourth-order valence-electron chi connectivity index (χ4n) is 5.01. The van der Waals surface area contributed by atoms with Crippen molar-refractivity contribution in [1.29, 1.82) is 0 Å². The van der Waals surface area contributed by atoms with Crippen molar-refractivity contribution in [3.8, 4) is 12.3 Å². The first-order chi connectivity index (χ1) is 14.3. The molecule has 5 atom stereocenters. The molecule has 4 rings (SSSR count). The minimum Gasteiger partial charge on any atom is -0.363 e. The number of terminal acetylenes is 1. The SMILES string of the molecule is C#CCO[C@@H]1Cc2ccccc2[C@@H]1NC(=O)[C@@H]1N2C(=O)[C@@H](N)CCS[C@H]2CC1(C)C. The zero-order valence-corrected chi connectivity index (χ0v) is 18.3. The summed E-state index contributed by atoms with van der Waals surface area (Å²) >= 11 is 1.73. The summed E-state index contributed by atoms with van der Waals surface area (Å²) in [6.45, 7) is 4.30. The van der Waals surface area contributed by atoms with E-state index in [4.69, 9.17) is 16.9 Å². The highest BCUT2D eigenvalue weighted by Gasteiger charge is 2.54. The van der Waals surface area contributed by atoms with E-state index in [0.29, 0.717) is 12.8 Å². The van der Waals surface area contributed by atoms with Crippen molar-refractivity contribution in [3.63, 3.8) is 0 Å². The molecule has 2 heterocycles. The molecule has 0 saturated carbocycles. The van der Waals surface area contributed by atoms with Gasteiger partial charge < -0.3 is 20.7 Å². The Bertz CT molecular complexity index is 881. The first-order valence-corrected chi connectivity index (χ1v) is 11.5. The van der Waals surface area contributed by atoms with Gasteiger partial charge in [0, 0.05) is 6.42 Å². The quantitative estimate of drug-likeness (QED) is 0.717. The van der Waals surface area contributed by atoms with E-state index in [1.165, 1.54) is 0 Å². The van der Waals surface area contributed by atoms with Crippen LogP contribution in [-0.2, 0) is 20.7 Å². The van der Waals surface area contributed by atoms with Crippen LogP contribution < -0.4 is 11.1 Å². The molecular weight excluding hydrogens is 398 g/mol. The number of amides is 2. The Kier molecular flexibility index (Phi) is 5.84. The van der Waals surface area contributed by atoms with Gasteiger partial charge in [0.1, 0.15) is 12.6 Å². The fraction of sp³-hybridized carbons (Fsp3) is 0.565. The predicted octanol–water partition coefficient (Wildman–Crippen LogP) is 1.84. The molecule has 0 unspecified atom stereocenters. The lowest BCUT2D eigenvalue weighted by Gasteiger charge is -2.34. The third kappa shape index (κ3) is 3.73. The number of hydrogen-bond acceptors (Lipinski definition) is 5. The molecule has 1 aromatic carbocycles. The molecule has 3 aliphatic rings. The smallest absolute Gasteiger partial charge is 0.243 e. The van der Waals surface area contributed by atoms with Crippen LogP contribution in [0, 0.1) is 17.8 Å². The second-order valence-corrected chi connectivity index (χ2v) is 10.3. The molecule has 2 amide bonds. The molecule has 0 spiro atoms. The van der Waals surface area contributed by atoms with Gasteiger partial charge >= 0.3 is 0 Å². The maximum absolute atomic E-state index is 13.6. The van der Waals surface area contributed by atoms with Gasteiger partial charge in [-0.3, -0.25) is 9.59 Å². The van der Waals surface area contributed by atoms with E-state index >= 15 is 0 Å². The number of carbonyl (C=O) groups excluding carboxylic acids is 2. The number of benzene rings is 1. The van der Waals surface area contributed by atoms with E-state index in [1.54, 1.807) is 16.7 Å². The Morgan fingerprint density at radius 3 is 2.97 bits per heavy atom. The highest BCUT2D eigenvalue weighted by Crippen LogP contribution is 2.46. The standard InChI is InChI=1S/C23H29N3O3S/c1-4-10-29-17-12-14-7-5-6-8-15(14)19(17)25-21(27)20-23(2,3)13-18-26(20)22(28)16(24)9-11-30-18/h1,5-8,16-20H,9-13,24H2,2-3H3,(H,25,27)/t16-,17+,18-,19-,20-/m0/s1. The zero-order valence-electron chi connectivity index (χ0n) is 17.5. The van der Waals surface area contributed by atoms with Gasteiger partial charge in [-0.1, -0.05) is 44.0 Å². The van der Waals surface area contributed by atoms with Gasteiger partial charge in [-0.15, -0.1) is 18.2 Å². The summed E-state index contributed by atoms with van der Waals surface area (Å²) in [5.74, 6) is 3.07. The molecule has 3 N–H and O–H groups in total. The summed E-state index contributed by atoms with van der Waals surface area (Å²) < 4.78 is 5.87. The average Bonchev–Trinajstić information content (AvgIpc) is 3.14. The van der Waals surface area contributed by atoms with E-state index in [2.05, 4.69) is 31.2 Å². The van der Waals surface area contributed by atoms with E-state index in [1.807, 2.05) is 18.2 Å². The van der Waals surface area contributed by atoms with E-state index < -0.39 is 12.1 Å². The molecule has 30 heavy (non-hydrogen) atoms. The van der Waals surface area contributed by atoms with Gasteiger partial charge in [0.15, 0.2) is 0 Å². The Labute approximate surface area is 182 Å². The molecule has 7 heteroatoms. The summed E-state index contributed by atoms with van der Waals surface area (Å²) in [7, 11) is 0. The molecule has 0 radical (unpaired) electrons. The zero-order chi connectivity index (χ0) is 21.5. The second kappa shape index (κ2) is 8.26. The highest BCUT2D eigenvalue weighted by molar-refractivity contribution is 7.99. The molecule has 0 bridgehead atoms. The molecule has 0 aromatic heterocycles. The number of thioether (sulfide) groups is 1. The fourth-order valence-corrected chi connectivity index (χ4v) is 6.61. The normalized spacial score (nSPS) is 32.1. The third-order valence-electron chi connectivity index (χ3n) is 6.45. The molecule has 1 aliphatic carbocycles. The lowest BCUT2D eigenvalue weighted by molar-refractivity contribution is -0.142. The Balaban J connectivity index is 1.61. The maximum Gasteiger partial charge on any atom is 0.243 e. The first kappa shape index (κ1) is 21.2. The van der Waals surface area contributed by atoms with Crippen molar-refractivity contribution in [2.24, 2.45) is 11.1 Å². The monoisotopic (exact) mass is 427 g/mol. The minimum atomic E-state index is -0.562. The third-order valence-corrected chi connectivity index (χ3v) is 7.70. The van der Waals surface area contributed by atoms with Crippen molar-refractivity contribution in [2.75, 3.05) is 12.4 Å². The number of nitrogens with zero attached hydrogens (tertiary/aromatic N) is 1. The summed E-state index contributed by atoms with van der Waals surface area (Å²) in [6, 6.07) is 6.62. The number of rotatable bonds is 4. The van der Waals surface area contributed by atoms with Crippen LogP contribution in [-0.4, -0.2) is 52.6 Å². The molecular formula is C23H29N3O3S. The highest BCUT2D eigenvalue weighted by atomic mass is 32.2. The van der Waals surface area contributed by atoms with Crippen LogP contribution in [0.3, 0.4) is 0 Å². The van der Waals surface area contributed by atoms with Crippen LogP contribution in [0.1, 0.15) is 43.9 Å². The van der Waals surface area contributed by atoms with Crippen LogP contribution in [0.5, 0.6) is 0 Å². The summed E-state index contributed by atoms with van der Waals surface area (Å²) in [5, 5.41) is 3.19. The van der Waals surface area contributed by atoms with Crippen molar-refractivity contribution in [2.45, 2.75) is 62.7 Å². The number of ether oxygens (including phenoxy) is 1. The lowest BCUT2D eigenvalue weighted by Crippen LogP contribution is -2.56. The maximum atomic E-state index is 13.6. The Morgan fingerprint density at radius 2 is 2.20 bits per heavy atom.